The largest absolute Gasteiger partial charge is 0.497 e. The summed E-state index contributed by atoms with van der Waals surface area (Å²) in [4.78, 5) is 13.6. The van der Waals surface area contributed by atoms with Crippen LogP contribution in [-0.4, -0.2) is 45.5 Å². The van der Waals surface area contributed by atoms with E-state index in [2.05, 4.69) is 6.07 Å². The van der Waals surface area contributed by atoms with Gasteiger partial charge in [0.15, 0.2) is 11.5 Å². The summed E-state index contributed by atoms with van der Waals surface area (Å²) >= 11 is 0. The second-order valence-electron chi connectivity index (χ2n) is 6.41. The minimum atomic E-state index is -0.274. The maximum Gasteiger partial charge on any atom is 0.410 e. The first-order chi connectivity index (χ1) is 15.1. The van der Waals surface area contributed by atoms with Gasteiger partial charge in [-0.3, -0.25) is 0 Å². The summed E-state index contributed by atoms with van der Waals surface area (Å²) in [5, 5.41) is 4.15. The van der Waals surface area contributed by atoms with E-state index in [1.165, 1.54) is 0 Å². The molecule has 0 atom stereocenters. The highest BCUT2D eigenvalue weighted by Gasteiger charge is 2.23. The van der Waals surface area contributed by atoms with Gasteiger partial charge in [0.1, 0.15) is 12.4 Å². The van der Waals surface area contributed by atoms with Crippen molar-refractivity contribution in [2.45, 2.75) is 34.2 Å². The third kappa shape index (κ3) is 4.95. The van der Waals surface area contributed by atoms with Crippen LogP contribution < -0.4 is 14.2 Å². The zero-order valence-electron chi connectivity index (χ0n) is 19.6. The second kappa shape index (κ2) is 11.3. The molecule has 31 heavy (non-hydrogen) atoms. The van der Waals surface area contributed by atoms with Gasteiger partial charge < -0.3 is 23.8 Å². The van der Waals surface area contributed by atoms with Crippen LogP contribution in [0.3, 0.4) is 0 Å². The van der Waals surface area contributed by atoms with Gasteiger partial charge in [0.25, 0.3) is 0 Å². The van der Waals surface area contributed by atoms with Gasteiger partial charge >= 0.3 is 6.09 Å². The number of amides is 1. The Bertz CT molecular complexity index is 1030. The molecule has 0 unspecified atom stereocenters. The number of fused-ring (bicyclic) bond motifs is 3. The number of methoxy groups -OCH3 is 3. The van der Waals surface area contributed by atoms with E-state index in [4.69, 9.17) is 18.9 Å². The summed E-state index contributed by atoms with van der Waals surface area (Å²) in [5.41, 5.74) is 1.05. The Kier molecular flexibility index (Phi) is 8.79. The van der Waals surface area contributed by atoms with E-state index in [0.717, 1.165) is 32.9 Å². The van der Waals surface area contributed by atoms with Crippen LogP contribution in [0.1, 0.15) is 33.3 Å². The summed E-state index contributed by atoms with van der Waals surface area (Å²) in [6, 6.07) is 12.0. The van der Waals surface area contributed by atoms with Gasteiger partial charge in [0.2, 0.25) is 0 Å². The average molecular weight is 428 g/mol. The summed E-state index contributed by atoms with van der Waals surface area (Å²) in [7, 11) is 4.89. The zero-order chi connectivity index (χ0) is 23.0. The van der Waals surface area contributed by atoms with Crippen molar-refractivity contribution in [1.82, 2.24) is 4.90 Å². The summed E-state index contributed by atoms with van der Waals surface area (Å²) in [6.07, 6.45) is -0.274. The molecule has 0 aliphatic carbocycles. The summed E-state index contributed by atoms with van der Waals surface area (Å²) in [6.45, 7) is 9.52. The first-order valence-electron chi connectivity index (χ1n) is 10.7. The average Bonchev–Trinajstić information content (AvgIpc) is 3.24. The number of ether oxygens (including phenoxy) is 4. The SMILES string of the molecule is CC.CC.COc1ccc2c(CN3CCOC3=O)cc3cc(OC)c(OC)cc3c2c1. The van der Waals surface area contributed by atoms with Crippen molar-refractivity contribution in [3.63, 3.8) is 0 Å². The Hall–Kier alpha value is -3.15. The molecule has 6 nitrogen and oxygen atoms in total. The predicted octanol–water partition coefficient (Wildman–Crippen LogP) is 6.02. The number of hydrogen-bond donors (Lipinski definition) is 0. The molecule has 1 amide bonds. The number of rotatable bonds is 5. The Labute approximate surface area is 184 Å². The highest BCUT2D eigenvalue weighted by molar-refractivity contribution is 6.10. The minimum Gasteiger partial charge on any atom is -0.497 e. The lowest BCUT2D eigenvalue weighted by Crippen LogP contribution is -2.23. The van der Waals surface area contributed by atoms with Gasteiger partial charge in [-0.15, -0.1) is 0 Å². The van der Waals surface area contributed by atoms with Crippen molar-refractivity contribution in [2.75, 3.05) is 34.5 Å². The fraction of sp³-hybridized carbons (Fsp3) is 0.400. The molecule has 3 aromatic carbocycles. The minimum absolute atomic E-state index is 0.274. The van der Waals surface area contributed by atoms with E-state index in [1.54, 1.807) is 26.2 Å². The molecule has 4 rings (SSSR count). The Balaban J connectivity index is 0.000000807. The molecule has 0 N–H and O–H groups in total. The highest BCUT2D eigenvalue weighted by Crippen LogP contribution is 2.38. The Morgan fingerprint density at radius 2 is 1.52 bits per heavy atom. The lowest BCUT2D eigenvalue weighted by atomic mass is 9.96. The zero-order valence-corrected chi connectivity index (χ0v) is 19.6. The number of carbonyl (C=O) groups is 1. The molecule has 3 aromatic rings. The topological polar surface area (TPSA) is 57.2 Å². The van der Waals surface area contributed by atoms with Gasteiger partial charge in [0.05, 0.1) is 27.9 Å². The lowest BCUT2D eigenvalue weighted by molar-refractivity contribution is 0.157. The van der Waals surface area contributed by atoms with Crippen LogP contribution >= 0.6 is 0 Å². The second-order valence-corrected chi connectivity index (χ2v) is 6.41. The van der Waals surface area contributed by atoms with E-state index in [1.807, 2.05) is 58.0 Å². The molecule has 0 spiro atoms. The lowest BCUT2D eigenvalue weighted by Gasteiger charge is -2.18. The molecule has 1 heterocycles. The predicted molar refractivity (Wildman–Crippen MR) is 126 cm³/mol. The fourth-order valence-corrected chi connectivity index (χ4v) is 3.57. The smallest absolute Gasteiger partial charge is 0.410 e. The third-order valence-electron chi connectivity index (χ3n) is 4.95. The van der Waals surface area contributed by atoms with E-state index >= 15 is 0 Å². The summed E-state index contributed by atoms with van der Waals surface area (Å²) in [5.74, 6) is 2.11. The van der Waals surface area contributed by atoms with Crippen LogP contribution in [0.4, 0.5) is 4.79 Å². The Morgan fingerprint density at radius 1 is 0.839 bits per heavy atom. The molecule has 168 valence electrons. The van der Waals surface area contributed by atoms with Crippen LogP contribution in [0, 0.1) is 0 Å². The molecule has 1 saturated heterocycles. The van der Waals surface area contributed by atoms with Gasteiger partial charge in [-0.05, 0) is 57.4 Å². The van der Waals surface area contributed by atoms with Crippen molar-refractivity contribution in [3.8, 4) is 17.2 Å². The number of benzene rings is 3. The highest BCUT2D eigenvalue weighted by atomic mass is 16.6. The first-order valence-corrected chi connectivity index (χ1v) is 10.7. The maximum atomic E-state index is 11.9. The maximum absolute atomic E-state index is 11.9. The van der Waals surface area contributed by atoms with Crippen LogP contribution in [-0.2, 0) is 11.3 Å². The standard InChI is InChI=1S/C21H21NO5.2C2H6/c1-24-15-4-5-16-14(12-22-6-7-27-21(22)23)8-13-9-19(25-2)20(26-3)11-17(13)18(16)10-15;2*1-2/h4-5,8-11H,6-7,12H2,1-3H3;2*1-2H3. The van der Waals surface area contributed by atoms with E-state index < -0.39 is 0 Å². The number of cyclic esters (lactones) is 1. The molecule has 0 saturated carbocycles. The molecule has 1 fully saturated rings. The van der Waals surface area contributed by atoms with Gasteiger partial charge in [0, 0.05) is 6.54 Å². The molecule has 0 radical (unpaired) electrons. The molecule has 0 bridgehead atoms. The van der Waals surface area contributed by atoms with Gasteiger partial charge in [-0.1, -0.05) is 33.8 Å². The van der Waals surface area contributed by atoms with Crippen molar-refractivity contribution < 1.29 is 23.7 Å². The van der Waals surface area contributed by atoms with Crippen molar-refractivity contribution in [1.29, 1.82) is 0 Å². The van der Waals surface area contributed by atoms with Crippen LogP contribution in [0.5, 0.6) is 17.2 Å². The molecule has 1 aliphatic heterocycles. The number of carbonyl (C=O) groups excluding carboxylic acids is 1. The fourth-order valence-electron chi connectivity index (χ4n) is 3.57. The van der Waals surface area contributed by atoms with Gasteiger partial charge in [-0.25, -0.2) is 4.79 Å². The normalized spacial score (nSPS) is 12.5. The molecular weight excluding hydrogens is 394 g/mol. The van der Waals surface area contributed by atoms with Crippen LogP contribution in [0.15, 0.2) is 36.4 Å². The van der Waals surface area contributed by atoms with Crippen LogP contribution in [0.2, 0.25) is 0 Å². The molecule has 0 aromatic heterocycles. The summed E-state index contributed by atoms with van der Waals surface area (Å²) < 4.78 is 21.4. The van der Waals surface area contributed by atoms with Crippen molar-refractivity contribution >= 4 is 27.6 Å². The van der Waals surface area contributed by atoms with E-state index in [0.29, 0.717) is 31.2 Å². The number of nitrogens with zero attached hydrogens (tertiary/aromatic N) is 1. The third-order valence-corrected chi connectivity index (χ3v) is 4.95. The van der Waals surface area contributed by atoms with E-state index in [-0.39, 0.29) is 6.09 Å². The van der Waals surface area contributed by atoms with Crippen molar-refractivity contribution in [2.24, 2.45) is 0 Å². The molecular formula is C25H33NO5. The molecule has 6 heteroatoms. The monoisotopic (exact) mass is 427 g/mol. The molecule has 1 aliphatic rings. The van der Waals surface area contributed by atoms with Gasteiger partial charge in [-0.2, -0.15) is 0 Å². The van der Waals surface area contributed by atoms with E-state index in [9.17, 15) is 4.79 Å². The number of hydrogen-bond acceptors (Lipinski definition) is 5. The van der Waals surface area contributed by atoms with Crippen molar-refractivity contribution in [3.05, 3.63) is 42.0 Å². The Morgan fingerprint density at radius 3 is 2.10 bits per heavy atom. The quantitative estimate of drug-likeness (QED) is 0.466. The first kappa shape index (κ1) is 24.1. The van der Waals surface area contributed by atoms with Crippen LogP contribution in [0.25, 0.3) is 21.5 Å².